The minimum atomic E-state index is -4.40. The molecule has 0 aliphatic heterocycles. The molecule has 11 heteroatoms. The van der Waals surface area contributed by atoms with Gasteiger partial charge in [0.25, 0.3) is 0 Å². The molecule has 2 rings (SSSR count). The predicted octanol–water partition coefficient (Wildman–Crippen LogP) is 5.27. The van der Waals surface area contributed by atoms with Gasteiger partial charge in [0.05, 0.1) is 31.1 Å². The zero-order valence-electron chi connectivity index (χ0n) is 14.3. The summed E-state index contributed by atoms with van der Waals surface area (Å²) >= 11 is 3.20. The second-order valence-corrected chi connectivity index (χ2v) is 6.25. The van der Waals surface area contributed by atoms with Crippen LogP contribution >= 0.6 is 15.9 Å². The Morgan fingerprint density at radius 3 is 2.46 bits per heavy atom. The van der Waals surface area contributed by atoms with Gasteiger partial charge in [-0.25, -0.2) is 4.79 Å². The zero-order chi connectivity index (χ0) is 20.9. The molecule has 7 nitrogen and oxygen atoms in total. The number of nitro groups is 1. The lowest BCUT2D eigenvalue weighted by atomic mass is 10.2. The fourth-order valence-corrected chi connectivity index (χ4v) is 2.44. The molecule has 0 unspecified atom stereocenters. The fraction of sp³-hybridized carbons (Fsp3) is 0.235. The zero-order valence-corrected chi connectivity index (χ0v) is 15.9. The van der Waals surface area contributed by atoms with Gasteiger partial charge in [-0.2, -0.15) is 13.2 Å². The highest BCUT2D eigenvalue weighted by atomic mass is 79.9. The van der Waals surface area contributed by atoms with Crippen LogP contribution in [0.5, 0.6) is 17.2 Å². The number of methoxy groups -OCH3 is 1. The van der Waals surface area contributed by atoms with Crippen molar-refractivity contribution in [1.29, 1.82) is 0 Å². The van der Waals surface area contributed by atoms with Crippen molar-refractivity contribution in [3.8, 4) is 17.2 Å². The maximum atomic E-state index is 12.2. The van der Waals surface area contributed by atoms with Gasteiger partial charge in [-0.15, -0.1) is 0 Å². The third kappa shape index (κ3) is 5.84. The lowest BCUT2D eigenvalue weighted by molar-refractivity contribution is -0.385. The fourth-order valence-electron chi connectivity index (χ4n) is 2.08. The summed E-state index contributed by atoms with van der Waals surface area (Å²) in [5.41, 5.74) is -0.514. The van der Waals surface area contributed by atoms with Crippen LogP contribution in [0.2, 0.25) is 0 Å². The molecule has 0 radical (unpaired) electrons. The van der Waals surface area contributed by atoms with Crippen LogP contribution in [-0.2, 0) is 4.74 Å². The van der Waals surface area contributed by atoms with Crippen LogP contribution in [0.3, 0.4) is 0 Å². The number of esters is 1. The predicted molar refractivity (Wildman–Crippen MR) is 94.8 cm³/mol. The number of nitro benzene ring substituents is 1. The highest BCUT2D eigenvalue weighted by Crippen LogP contribution is 2.36. The standard InChI is InChI=1S/C17H13BrF3NO6/c1-26-16(23)12-8-10(18)2-4-14(12)28-15-5-3-11(9-13(15)22(24)25)27-7-6-17(19,20)21/h2-5,8-9H,6-7H2,1H3. The normalized spacial score (nSPS) is 11.0. The van der Waals surface area contributed by atoms with E-state index in [0.29, 0.717) is 4.47 Å². The summed E-state index contributed by atoms with van der Waals surface area (Å²) in [6.07, 6.45) is -5.60. The van der Waals surface area contributed by atoms with E-state index in [9.17, 15) is 28.1 Å². The van der Waals surface area contributed by atoms with E-state index in [2.05, 4.69) is 20.7 Å². The summed E-state index contributed by atoms with van der Waals surface area (Å²) in [6, 6.07) is 7.74. The van der Waals surface area contributed by atoms with Crippen LogP contribution < -0.4 is 9.47 Å². The molecule has 28 heavy (non-hydrogen) atoms. The van der Waals surface area contributed by atoms with Gasteiger partial charge in [-0.05, 0) is 30.3 Å². The van der Waals surface area contributed by atoms with Gasteiger partial charge in [0.2, 0.25) is 5.75 Å². The summed E-state index contributed by atoms with van der Waals surface area (Å²) in [6.45, 7) is -0.680. The van der Waals surface area contributed by atoms with Crippen molar-refractivity contribution < 1.29 is 37.1 Å². The lowest BCUT2D eigenvalue weighted by Gasteiger charge is -2.12. The molecule has 0 aliphatic carbocycles. The van der Waals surface area contributed by atoms with Crippen LogP contribution in [0.15, 0.2) is 40.9 Å². The van der Waals surface area contributed by atoms with Crippen LogP contribution in [0, 0.1) is 10.1 Å². The number of carbonyl (C=O) groups is 1. The summed E-state index contributed by atoms with van der Waals surface area (Å²) in [5, 5.41) is 11.3. The summed E-state index contributed by atoms with van der Waals surface area (Å²) < 4.78 is 52.2. The van der Waals surface area contributed by atoms with Gasteiger partial charge < -0.3 is 14.2 Å². The summed E-state index contributed by atoms with van der Waals surface area (Å²) in [5.74, 6) is -1.05. The molecule has 2 aromatic rings. The van der Waals surface area contributed by atoms with Crippen LogP contribution in [-0.4, -0.2) is 30.8 Å². The largest absolute Gasteiger partial charge is 0.493 e. The highest BCUT2D eigenvalue weighted by molar-refractivity contribution is 9.10. The Bertz CT molecular complexity index is 888. The van der Waals surface area contributed by atoms with Crippen LogP contribution in [0.1, 0.15) is 16.8 Å². The number of alkyl halides is 3. The van der Waals surface area contributed by atoms with E-state index in [1.54, 1.807) is 6.07 Å². The van der Waals surface area contributed by atoms with Gasteiger partial charge in [-0.1, -0.05) is 15.9 Å². The molecule has 2 aromatic carbocycles. The van der Waals surface area contributed by atoms with E-state index in [-0.39, 0.29) is 22.8 Å². The van der Waals surface area contributed by atoms with Gasteiger partial charge in [-0.3, -0.25) is 10.1 Å². The first kappa shape index (κ1) is 21.5. The molecule has 0 aromatic heterocycles. The van der Waals surface area contributed by atoms with Crippen molar-refractivity contribution in [1.82, 2.24) is 0 Å². The molecule has 0 bridgehead atoms. The van der Waals surface area contributed by atoms with E-state index >= 15 is 0 Å². The van der Waals surface area contributed by atoms with Crippen LogP contribution in [0.25, 0.3) is 0 Å². The molecule has 0 N–H and O–H groups in total. The maximum Gasteiger partial charge on any atom is 0.392 e. The first-order valence-corrected chi connectivity index (χ1v) is 8.43. The second-order valence-electron chi connectivity index (χ2n) is 5.33. The molecule has 0 heterocycles. The number of nitrogens with zero attached hydrogens (tertiary/aromatic N) is 1. The Labute approximate surface area is 165 Å². The van der Waals surface area contributed by atoms with Crippen molar-refractivity contribution in [3.05, 3.63) is 56.5 Å². The lowest BCUT2D eigenvalue weighted by Crippen LogP contribution is -2.13. The Balaban J connectivity index is 2.29. The smallest absolute Gasteiger partial charge is 0.392 e. The summed E-state index contributed by atoms with van der Waals surface area (Å²) in [4.78, 5) is 22.4. The maximum absolute atomic E-state index is 12.2. The number of rotatable bonds is 7. The number of benzene rings is 2. The number of halogens is 4. The topological polar surface area (TPSA) is 87.9 Å². The Morgan fingerprint density at radius 1 is 1.18 bits per heavy atom. The van der Waals surface area contributed by atoms with Crippen LogP contribution in [0.4, 0.5) is 18.9 Å². The first-order chi connectivity index (χ1) is 13.1. The molecular weight excluding hydrogens is 451 g/mol. The van der Waals surface area contributed by atoms with Crippen molar-refractivity contribution in [2.24, 2.45) is 0 Å². The van der Waals surface area contributed by atoms with Gasteiger partial charge in [0.15, 0.2) is 0 Å². The molecule has 0 atom stereocenters. The van der Waals surface area contributed by atoms with Gasteiger partial charge in [0, 0.05) is 4.47 Å². The van der Waals surface area contributed by atoms with E-state index in [1.807, 2.05) is 0 Å². The molecule has 150 valence electrons. The van der Waals surface area contributed by atoms with E-state index in [4.69, 9.17) is 9.47 Å². The van der Waals surface area contributed by atoms with E-state index in [0.717, 1.165) is 6.07 Å². The Hall–Kier alpha value is -2.82. The minimum absolute atomic E-state index is 0.00360. The quantitative estimate of drug-likeness (QED) is 0.315. The van der Waals surface area contributed by atoms with Gasteiger partial charge in [0.1, 0.15) is 17.1 Å². The van der Waals surface area contributed by atoms with E-state index < -0.39 is 35.8 Å². The first-order valence-electron chi connectivity index (χ1n) is 7.64. The summed E-state index contributed by atoms with van der Waals surface area (Å²) in [7, 11) is 1.17. The van der Waals surface area contributed by atoms with Crippen molar-refractivity contribution in [2.75, 3.05) is 13.7 Å². The Kier molecular flexibility index (Phi) is 6.84. The minimum Gasteiger partial charge on any atom is -0.493 e. The SMILES string of the molecule is COC(=O)c1cc(Br)ccc1Oc1ccc(OCCC(F)(F)F)cc1[N+](=O)[O-]. The molecule has 0 amide bonds. The molecule has 0 saturated carbocycles. The Morgan fingerprint density at radius 2 is 1.86 bits per heavy atom. The molecular formula is C17H13BrF3NO6. The third-order valence-corrected chi connectivity index (χ3v) is 3.84. The van der Waals surface area contributed by atoms with E-state index in [1.165, 1.54) is 31.4 Å². The highest BCUT2D eigenvalue weighted by Gasteiger charge is 2.27. The number of hydrogen-bond donors (Lipinski definition) is 0. The number of hydrogen-bond acceptors (Lipinski definition) is 6. The van der Waals surface area contributed by atoms with Gasteiger partial charge >= 0.3 is 17.8 Å². The average Bonchev–Trinajstić information content (AvgIpc) is 2.62. The average molecular weight is 464 g/mol. The van der Waals surface area contributed by atoms with Crippen molar-refractivity contribution >= 4 is 27.6 Å². The molecule has 0 saturated heterocycles. The van der Waals surface area contributed by atoms with Crippen molar-refractivity contribution in [2.45, 2.75) is 12.6 Å². The molecule has 0 fully saturated rings. The number of carbonyl (C=O) groups excluding carboxylic acids is 1. The van der Waals surface area contributed by atoms with Crippen molar-refractivity contribution in [3.63, 3.8) is 0 Å². The monoisotopic (exact) mass is 463 g/mol. The molecule has 0 aliphatic rings. The second kappa shape index (κ2) is 8.91. The number of ether oxygens (including phenoxy) is 3. The third-order valence-electron chi connectivity index (χ3n) is 3.35. The molecule has 0 spiro atoms.